The maximum absolute atomic E-state index is 5.69. The summed E-state index contributed by atoms with van der Waals surface area (Å²) in [5.41, 5.74) is 8.74. The number of nitrogens with two attached hydrogens (primary N) is 1. The van der Waals surface area contributed by atoms with Crippen LogP contribution in [0.4, 0.5) is 5.95 Å². The zero-order chi connectivity index (χ0) is 19.3. The Kier molecular flexibility index (Phi) is 5.73. The van der Waals surface area contributed by atoms with Crippen molar-refractivity contribution in [3.63, 3.8) is 0 Å². The van der Waals surface area contributed by atoms with E-state index in [1.807, 2.05) is 24.3 Å². The number of hydrogen-bond acceptors (Lipinski definition) is 6. The number of ether oxygens (including phenoxy) is 1. The standard InChI is InChI=1S/C21H28N6O/c1-28-20-8-4-5-17(23-20)15-27-19-7-3-2-6-18(19)25-21(27)24-16-9-12-26(13-10-16)14-11-22/h2-8,16H,9-15,22H2,1H3,(H,24,25). The van der Waals surface area contributed by atoms with Crippen LogP contribution in [0.3, 0.4) is 0 Å². The summed E-state index contributed by atoms with van der Waals surface area (Å²) in [7, 11) is 1.64. The molecule has 148 valence electrons. The molecule has 2 aromatic heterocycles. The van der Waals surface area contributed by atoms with Crippen LogP contribution >= 0.6 is 0 Å². The summed E-state index contributed by atoms with van der Waals surface area (Å²) in [6.45, 7) is 4.50. The first-order valence-corrected chi connectivity index (χ1v) is 9.91. The van der Waals surface area contributed by atoms with E-state index in [0.29, 0.717) is 18.5 Å². The van der Waals surface area contributed by atoms with E-state index >= 15 is 0 Å². The van der Waals surface area contributed by atoms with E-state index in [1.165, 1.54) is 0 Å². The highest BCUT2D eigenvalue weighted by molar-refractivity contribution is 5.78. The molecule has 0 unspecified atom stereocenters. The van der Waals surface area contributed by atoms with Crippen molar-refractivity contribution in [1.82, 2.24) is 19.4 Å². The average Bonchev–Trinajstić information content (AvgIpc) is 3.07. The molecule has 28 heavy (non-hydrogen) atoms. The van der Waals surface area contributed by atoms with Gasteiger partial charge < -0.3 is 25.3 Å². The van der Waals surface area contributed by atoms with Gasteiger partial charge in [0.2, 0.25) is 11.8 Å². The van der Waals surface area contributed by atoms with Gasteiger partial charge in [0.1, 0.15) is 0 Å². The Morgan fingerprint density at radius 3 is 2.71 bits per heavy atom. The van der Waals surface area contributed by atoms with Crippen molar-refractivity contribution in [2.45, 2.75) is 25.4 Å². The first-order chi connectivity index (χ1) is 13.8. The molecule has 1 aliphatic rings. The highest BCUT2D eigenvalue weighted by Gasteiger charge is 2.21. The molecule has 0 saturated carbocycles. The van der Waals surface area contributed by atoms with Crippen molar-refractivity contribution in [3.8, 4) is 5.88 Å². The van der Waals surface area contributed by atoms with Crippen LogP contribution in [0.1, 0.15) is 18.5 Å². The van der Waals surface area contributed by atoms with Gasteiger partial charge in [0.25, 0.3) is 0 Å². The monoisotopic (exact) mass is 380 g/mol. The number of fused-ring (bicyclic) bond motifs is 1. The van der Waals surface area contributed by atoms with Crippen LogP contribution < -0.4 is 15.8 Å². The minimum absolute atomic E-state index is 0.419. The first-order valence-electron chi connectivity index (χ1n) is 9.91. The molecule has 3 N–H and O–H groups in total. The second-order valence-electron chi connectivity index (χ2n) is 7.23. The molecule has 0 bridgehead atoms. The van der Waals surface area contributed by atoms with Gasteiger partial charge in [-0.1, -0.05) is 18.2 Å². The lowest BCUT2D eigenvalue weighted by Gasteiger charge is -2.32. The number of nitrogens with zero attached hydrogens (tertiary/aromatic N) is 4. The summed E-state index contributed by atoms with van der Waals surface area (Å²) in [6.07, 6.45) is 2.20. The van der Waals surface area contributed by atoms with Crippen LogP contribution in [-0.2, 0) is 6.54 Å². The molecule has 0 spiro atoms. The number of benzene rings is 1. The lowest BCUT2D eigenvalue weighted by atomic mass is 10.1. The third-order valence-corrected chi connectivity index (χ3v) is 5.33. The molecule has 7 nitrogen and oxygen atoms in total. The molecule has 7 heteroatoms. The van der Waals surface area contributed by atoms with Gasteiger partial charge in [-0.2, -0.15) is 0 Å². The molecule has 3 heterocycles. The summed E-state index contributed by atoms with van der Waals surface area (Å²) in [5.74, 6) is 1.53. The van der Waals surface area contributed by atoms with Gasteiger partial charge in [0, 0.05) is 38.3 Å². The zero-order valence-corrected chi connectivity index (χ0v) is 16.3. The van der Waals surface area contributed by atoms with Crippen molar-refractivity contribution in [2.75, 3.05) is 38.6 Å². The smallest absolute Gasteiger partial charge is 0.213 e. The molecule has 0 atom stereocenters. The Hall–Kier alpha value is -2.64. The SMILES string of the molecule is COc1cccc(Cn2c(NC3CCN(CCN)CC3)nc3ccccc32)n1. The number of piperidine rings is 1. The molecule has 0 radical (unpaired) electrons. The van der Waals surface area contributed by atoms with Crippen molar-refractivity contribution >= 4 is 17.0 Å². The Morgan fingerprint density at radius 2 is 1.93 bits per heavy atom. The molecule has 0 aliphatic carbocycles. The molecule has 1 aliphatic heterocycles. The van der Waals surface area contributed by atoms with Gasteiger partial charge in [-0.05, 0) is 31.0 Å². The normalized spacial score (nSPS) is 15.8. The van der Waals surface area contributed by atoms with Crippen molar-refractivity contribution in [3.05, 3.63) is 48.2 Å². The number of rotatable bonds is 7. The highest BCUT2D eigenvalue weighted by Crippen LogP contribution is 2.24. The Bertz CT molecular complexity index is 916. The van der Waals surface area contributed by atoms with Gasteiger partial charge in [0.15, 0.2) is 0 Å². The van der Waals surface area contributed by atoms with Gasteiger partial charge >= 0.3 is 0 Å². The lowest BCUT2D eigenvalue weighted by molar-refractivity contribution is 0.224. The predicted molar refractivity (Wildman–Crippen MR) is 112 cm³/mol. The largest absolute Gasteiger partial charge is 0.481 e. The predicted octanol–water partition coefficient (Wildman–Crippen LogP) is 2.32. The van der Waals surface area contributed by atoms with E-state index in [4.69, 9.17) is 15.5 Å². The fourth-order valence-corrected chi connectivity index (χ4v) is 3.83. The second kappa shape index (κ2) is 8.58. The maximum Gasteiger partial charge on any atom is 0.213 e. The number of hydrogen-bond donors (Lipinski definition) is 2. The number of likely N-dealkylation sites (tertiary alicyclic amines) is 1. The number of para-hydroxylation sites is 2. The summed E-state index contributed by atoms with van der Waals surface area (Å²) < 4.78 is 7.49. The van der Waals surface area contributed by atoms with Gasteiger partial charge in [0.05, 0.1) is 30.4 Å². The van der Waals surface area contributed by atoms with Crippen molar-refractivity contribution in [1.29, 1.82) is 0 Å². The lowest BCUT2D eigenvalue weighted by Crippen LogP contribution is -2.41. The highest BCUT2D eigenvalue weighted by atomic mass is 16.5. The van der Waals surface area contributed by atoms with Gasteiger partial charge in [-0.15, -0.1) is 0 Å². The number of nitrogens with one attached hydrogen (secondary N) is 1. The van der Waals surface area contributed by atoms with E-state index in [2.05, 4.69) is 38.0 Å². The van der Waals surface area contributed by atoms with E-state index in [9.17, 15) is 0 Å². The van der Waals surface area contributed by atoms with Gasteiger partial charge in [-0.3, -0.25) is 0 Å². The average molecular weight is 380 g/mol. The third-order valence-electron chi connectivity index (χ3n) is 5.33. The van der Waals surface area contributed by atoms with E-state index in [-0.39, 0.29) is 0 Å². The maximum atomic E-state index is 5.69. The fraction of sp³-hybridized carbons (Fsp3) is 0.429. The van der Waals surface area contributed by atoms with Crippen LogP contribution in [0.2, 0.25) is 0 Å². The minimum atomic E-state index is 0.419. The summed E-state index contributed by atoms with van der Waals surface area (Å²) in [4.78, 5) is 11.9. The zero-order valence-electron chi connectivity index (χ0n) is 16.3. The second-order valence-corrected chi connectivity index (χ2v) is 7.23. The molecule has 4 rings (SSSR count). The Labute approximate surface area is 165 Å². The number of anilines is 1. The van der Waals surface area contributed by atoms with Crippen LogP contribution in [-0.4, -0.2) is 58.8 Å². The molecule has 1 aromatic carbocycles. The van der Waals surface area contributed by atoms with Crippen LogP contribution in [0.5, 0.6) is 5.88 Å². The minimum Gasteiger partial charge on any atom is -0.481 e. The molecule has 0 amide bonds. The summed E-state index contributed by atoms with van der Waals surface area (Å²) in [6, 6.07) is 14.5. The van der Waals surface area contributed by atoms with Crippen LogP contribution in [0.25, 0.3) is 11.0 Å². The van der Waals surface area contributed by atoms with E-state index in [1.54, 1.807) is 7.11 Å². The quantitative estimate of drug-likeness (QED) is 0.655. The Balaban J connectivity index is 1.57. The number of imidazole rings is 1. The fourth-order valence-electron chi connectivity index (χ4n) is 3.83. The van der Waals surface area contributed by atoms with Gasteiger partial charge in [-0.25, -0.2) is 9.97 Å². The Morgan fingerprint density at radius 1 is 1.11 bits per heavy atom. The van der Waals surface area contributed by atoms with E-state index in [0.717, 1.165) is 61.7 Å². The number of methoxy groups -OCH3 is 1. The van der Waals surface area contributed by atoms with Crippen molar-refractivity contribution < 1.29 is 4.74 Å². The molecule has 3 aromatic rings. The molecule has 1 fully saturated rings. The van der Waals surface area contributed by atoms with Crippen LogP contribution in [0, 0.1) is 0 Å². The third kappa shape index (κ3) is 4.10. The molecular formula is C21H28N6O. The first kappa shape index (κ1) is 18.7. The number of pyridine rings is 1. The summed E-state index contributed by atoms with van der Waals surface area (Å²) in [5, 5.41) is 3.69. The molecular weight excluding hydrogens is 352 g/mol. The van der Waals surface area contributed by atoms with E-state index < -0.39 is 0 Å². The summed E-state index contributed by atoms with van der Waals surface area (Å²) >= 11 is 0. The van der Waals surface area contributed by atoms with Crippen LogP contribution in [0.15, 0.2) is 42.5 Å². The van der Waals surface area contributed by atoms with Crippen molar-refractivity contribution in [2.24, 2.45) is 5.73 Å². The number of aromatic nitrogens is 3. The topological polar surface area (TPSA) is 81.2 Å². The molecule has 1 saturated heterocycles.